The molecule has 0 amide bonds. The third-order valence-corrected chi connectivity index (χ3v) is 5.33. The molecule has 0 unspecified atom stereocenters. The van der Waals surface area contributed by atoms with Gasteiger partial charge in [-0.15, -0.1) is 11.8 Å². The summed E-state index contributed by atoms with van der Waals surface area (Å²) < 4.78 is 6.25. The van der Waals surface area contributed by atoms with E-state index in [0.29, 0.717) is 6.10 Å². The molecular formula is C15H20OS. The maximum atomic E-state index is 6.25. The number of hydrogen-bond donors (Lipinski definition) is 0. The maximum absolute atomic E-state index is 6.25. The Kier molecular flexibility index (Phi) is 3.72. The highest BCUT2D eigenvalue weighted by molar-refractivity contribution is 8.00. The maximum Gasteiger partial charge on any atom is 0.129 e. The highest BCUT2D eigenvalue weighted by atomic mass is 32.2. The SMILES string of the molecule is c1ccc([C@@H]2O[C@@H]3CCCCCC[C@@H]3S2)cc1. The minimum Gasteiger partial charge on any atom is -0.358 e. The van der Waals surface area contributed by atoms with E-state index < -0.39 is 0 Å². The topological polar surface area (TPSA) is 9.23 Å². The highest BCUT2D eigenvalue weighted by Crippen LogP contribution is 2.47. The lowest BCUT2D eigenvalue weighted by Gasteiger charge is -2.19. The number of thioether (sulfide) groups is 1. The lowest BCUT2D eigenvalue weighted by atomic mass is 9.98. The van der Waals surface area contributed by atoms with Crippen molar-refractivity contribution in [3.05, 3.63) is 35.9 Å². The average molecular weight is 248 g/mol. The van der Waals surface area contributed by atoms with Crippen molar-refractivity contribution in [2.75, 3.05) is 0 Å². The van der Waals surface area contributed by atoms with Crippen molar-refractivity contribution in [3.8, 4) is 0 Å². The molecule has 0 N–H and O–H groups in total. The van der Waals surface area contributed by atoms with Gasteiger partial charge in [0.25, 0.3) is 0 Å². The summed E-state index contributed by atoms with van der Waals surface area (Å²) in [5.41, 5.74) is 1.62. The van der Waals surface area contributed by atoms with Gasteiger partial charge < -0.3 is 4.74 Å². The molecule has 1 nitrogen and oxygen atoms in total. The van der Waals surface area contributed by atoms with E-state index in [1.54, 1.807) is 0 Å². The van der Waals surface area contributed by atoms with Gasteiger partial charge in [-0.1, -0.05) is 56.0 Å². The van der Waals surface area contributed by atoms with Crippen LogP contribution in [0.3, 0.4) is 0 Å². The minimum atomic E-state index is 0.282. The fourth-order valence-electron chi connectivity index (χ4n) is 2.84. The zero-order chi connectivity index (χ0) is 11.5. The summed E-state index contributed by atoms with van der Waals surface area (Å²) in [4.78, 5) is 0. The van der Waals surface area contributed by atoms with Crippen molar-refractivity contribution in [1.82, 2.24) is 0 Å². The Morgan fingerprint density at radius 2 is 1.71 bits per heavy atom. The molecular weight excluding hydrogens is 228 g/mol. The van der Waals surface area contributed by atoms with Crippen LogP contribution in [0.2, 0.25) is 0 Å². The normalized spacial score (nSPS) is 33.8. The largest absolute Gasteiger partial charge is 0.358 e. The van der Waals surface area contributed by atoms with Crippen LogP contribution in [0.5, 0.6) is 0 Å². The van der Waals surface area contributed by atoms with Crippen LogP contribution >= 0.6 is 11.8 Å². The van der Waals surface area contributed by atoms with E-state index in [1.807, 2.05) is 11.8 Å². The molecule has 17 heavy (non-hydrogen) atoms. The first-order valence-corrected chi connectivity index (χ1v) is 7.73. The Labute approximate surface area is 108 Å². The molecule has 1 aliphatic heterocycles. The number of rotatable bonds is 1. The van der Waals surface area contributed by atoms with Gasteiger partial charge in [0.05, 0.1) is 6.10 Å². The first kappa shape index (κ1) is 11.6. The molecule has 92 valence electrons. The third kappa shape index (κ3) is 2.69. The monoisotopic (exact) mass is 248 g/mol. The van der Waals surface area contributed by atoms with Crippen LogP contribution in [0.25, 0.3) is 0 Å². The van der Waals surface area contributed by atoms with Crippen LogP contribution in [0.1, 0.15) is 49.5 Å². The van der Waals surface area contributed by atoms with Crippen LogP contribution < -0.4 is 0 Å². The number of ether oxygens (including phenoxy) is 1. The van der Waals surface area contributed by atoms with Gasteiger partial charge in [0.1, 0.15) is 5.44 Å². The molecule has 1 aromatic carbocycles. The van der Waals surface area contributed by atoms with E-state index in [9.17, 15) is 0 Å². The van der Waals surface area contributed by atoms with Crippen molar-refractivity contribution >= 4 is 11.8 Å². The Morgan fingerprint density at radius 1 is 0.941 bits per heavy atom. The molecule has 2 heteroatoms. The van der Waals surface area contributed by atoms with E-state index in [0.717, 1.165) is 5.25 Å². The summed E-state index contributed by atoms with van der Waals surface area (Å²) in [6, 6.07) is 10.7. The molecule has 0 bridgehead atoms. The van der Waals surface area contributed by atoms with E-state index >= 15 is 0 Å². The average Bonchev–Trinajstić information content (AvgIpc) is 2.73. The predicted molar refractivity (Wildman–Crippen MR) is 73.1 cm³/mol. The van der Waals surface area contributed by atoms with Crippen LogP contribution in [0.15, 0.2) is 30.3 Å². The van der Waals surface area contributed by atoms with Crippen LogP contribution in [0.4, 0.5) is 0 Å². The molecule has 1 aromatic rings. The second-order valence-corrected chi connectivity index (χ2v) is 6.39. The summed E-state index contributed by atoms with van der Waals surface area (Å²) in [5.74, 6) is 0. The van der Waals surface area contributed by atoms with Gasteiger partial charge in [0, 0.05) is 5.25 Å². The standard InChI is InChI=1S/C15H20OS/c1-2-7-11-14-13(10-6-1)16-15(17-14)12-8-4-3-5-9-12/h3-5,8-9,13-15H,1-2,6-7,10-11H2/t13-,14+,15-/m1/s1. The highest BCUT2D eigenvalue weighted by Gasteiger charge is 2.36. The summed E-state index contributed by atoms with van der Waals surface area (Å²) >= 11 is 2.05. The number of fused-ring (bicyclic) bond motifs is 1. The van der Waals surface area contributed by atoms with Crippen LogP contribution in [-0.2, 0) is 4.74 Å². The zero-order valence-corrected chi connectivity index (χ0v) is 11.0. The summed E-state index contributed by atoms with van der Waals surface area (Å²) in [6.07, 6.45) is 8.67. The molecule has 2 fully saturated rings. The van der Waals surface area contributed by atoms with Crippen molar-refractivity contribution < 1.29 is 4.74 Å². The van der Waals surface area contributed by atoms with Crippen LogP contribution in [-0.4, -0.2) is 11.4 Å². The van der Waals surface area contributed by atoms with Gasteiger partial charge in [-0.25, -0.2) is 0 Å². The smallest absolute Gasteiger partial charge is 0.129 e. The molecule has 0 aromatic heterocycles. The van der Waals surface area contributed by atoms with Crippen molar-refractivity contribution in [2.45, 2.75) is 55.3 Å². The predicted octanol–water partition coefficient (Wildman–Crippen LogP) is 4.54. The van der Waals surface area contributed by atoms with Crippen molar-refractivity contribution in [3.63, 3.8) is 0 Å². The Morgan fingerprint density at radius 3 is 2.53 bits per heavy atom. The van der Waals surface area contributed by atoms with E-state index in [2.05, 4.69) is 30.3 Å². The van der Waals surface area contributed by atoms with E-state index in [-0.39, 0.29) is 5.44 Å². The molecule has 2 aliphatic rings. The molecule has 0 spiro atoms. The van der Waals surface area contributed by atoms with Crippen molar-refractivity contribution in [1.29, 1.82) is 0 Å². The molecule has 1 aliphatic carbocycles. The molecule has 1 saturated carbocycles. The quantitative estimate of drug-likeness (QED) is 0.721. The first-order valence-electron chi connectivity index (χ1n) is 6.79. The Hall–Kier alpha value is -0.470. The third-order valence-electron chi connectivity index (χ3n) is 3.81. The summed E-state index contributed by atoms with van der Waals surface area (Å²) in [6.45, 7) is 0. The lowest BCUT2D eigenvalue weighted by molar-refractivity contribution is 0.0421. The van der Waals surface area contributed by atoms with Crippen molar-refractivity contribution in [2.24, 2.45) is 0 Å². The lowest BCUT2D eigenvalue weighted by Crippen LogP contribution is -2.21. The summed E-state index contributed by atoms with van der Waals surface area (Å²) in [7, 11) is 0. The first-order chi connectivity index (χ1) is 8.43. The van der Waals surface area contributed by atoms with E-state index in [4.69, 9.17) is 4.74 Å². The van der Waals surface area contributed by atoms with Gasteiger partial charge in [-0.3, -0.25) is 0 Å². The van der Waals surface area contributed by atoms with E-state index in [1.165, 1.54) is 44.1 Å². The number of benzene rings is 1. The fourth-order valence-corrected chi connectivity index (χ4v) is 4.36. The van der Waals surface area contributed by atoms with Gasteiger partial charge in [-0.2, -0.15) is 0 Å². The fraction of sp³-hybridized carbons (Fsp3) is 0.600. The molecule has 1 saturated heterocycles. The van der Waals surface area contributed by atoms with Crippen LogP contribution in [0, 0.1) is 0 Å². The molecule has 3 atom stereocenters. The zero-order valence-electron chi connectivity index (χ0n) is 10.2. The molecule has 1 heterocycles. The second-order valence-electron chi connectivity index (χ2n) is 5.08. The Bertz CT molecular complexity index is 335. The summed E-state index contributed by atoms with van der Waals surface area (Å²) in [5, 5.41) is 0.737. The van der Waals surface area contributed by atoms with Gasteiger partial charge in [0.2, 0.25) is 0 Å². The number of hydrogen-bond acceptors (Lipinski definition) is 2. The molecule has 0 radical (unpaired) electrons. The second kappa shape index (κ2) is 5.45. The minimum absolute atomic E-state index is 0.282. The van der Waals surface area contributed by atoms with Gasteiger partial charge in [-0.05, 0) is 18.4 Å². The molecule has 3 rings (SSSR count). The Balaban J connectivity index is 1.70. The van der Waals surface area contributed by atoms with Gasteiger partial charge >= 0.3 is 0 Å². The van der Waals surface area contributed by atoms with Gasteiger partial charge in [0.15, 0.2) is 0 Å².